The van der Waals surface area contributed by atoms with Crippen molar-refractivity contribution in [3.8, 4) is 0 Å². The average molecular weight is 312 g/mol. The van der Waals surface area contributed by atoms with Crippen LogP contribution < -0.4 is 5.32 Å². The summed E-state index contributed by atoms with van der Waals surface area (Å²) in [5.41, 5.74) is 1.06. The van der Waals surface area contributed by atoms with E-state index in [9.17, 15) is 9.90 Å². The maximum Gasteiger partial charge on any atom is 0.338 e. The van der Waals surface area contributed by atoms with Crippen LogP contribution in [-0.2, 0) is 0 Å². The number of hydrogen-bond acceptors (Lipinski definition) is 2. The number of anilines is 1. The monoisotopic (exact) mass is 311 g/mol. The number of nitrogens with one attached hydrogen (secondary N) is 1. The van der Waals surface area contributed by atoms with E-state index in [0.29, 0.717) is 16.1 Å². The van der Waals surface area contributed by atoms with Gasteiger partial charge in [0.15, 0.2) is 0 Å². The molecule has 0 bridgehead atoms. The first-order valence-electron chi connectivity index (χ1n) is 6.47. The predicted molar refractivity (Wildman–Crippen MR) is 76.2 cm³/mol. The van der Waals surface area contributed by atoms with E-state index < -0.39 is 5.97 Å². The van der Waals surface area contributed by atoms with Crippen molar-refractivity contribution in [2.24, 2.45) is 0 Å². The van der Waals surface area contributed by atoms with E-state index in [1.807, 2.05) is 12.1 Å². The molecule has 18 heavy (non-hydrogen) atoms. The van der Waals surface area contributed by atoms with Crippen molar-refractivity contribution >= 4 is 27.6 Å². The minimum Gasteiger partial charge on any atom is -0.478 e. The average Bonchev–Trinajstić information content (AvgIpc) is 2.57. The van der Waals surface area contributed by atoms with Crippen LogP contribution in [0.5, 0.6) is 0 Å². The molecule has 98 valence electrons. The van der Waals surface area contributed by atoms with Crippen LogP contribution in [0.1, 0.15) is 48.9 Å². The number of halogens is 1. The topological polar surface area (TPSA) is 49.3 Å². The smallest absolute Gasteiger partial charge is 0.338 e. The Labute approximate surface area is 116 Å². The maximum atomic E-state index is 11.3. The number of aromatic carboxylic acids is 1. The van der Waals surface area contributed by atoms with E-state index in [2.05, 4.69) is 21.2 Å². The Morgan fingerprint density at radius 1 is 1.22 bits per heavy atom. The van der Waals surface area contributed by atoms with Crippen LogP contribution in [-0.4, -0.2) is 17.1 Å². The number of rotatable bonds is 3. The first-order valence-corrected chi connectivity index (χ1v) is 7.26. The fraction of sp³-hybridized carbons (Fsp3) is 0.500. The Morgan fingerprint density at radius 3 is 2.50 bits per heavy atom. The molecular formula is C14H18BrNO2. The lowest BCUT2D eigenvalue weighted by atomic mass is 10.1. The Morgan fingerprint density at radius 2 is 1.89 bits per heavy atom. The lowest BCUT2D eigenvalue weighted by Crippen LogP contribution is -2.20. The van der Waals surface area contributed by atoms with E-state index in [4.69, 9.17) is 0 Å². The van der Waals surface area contributed by atoms with Gasteiger partial charge in [0.05, 0.1) is 11.3 Å². The number of benzene rings is 1. The Bertz CT molecular complexity index is 426. The van der Waals surface area contributed by atoms with Gasteiger partial charge in [-0.25, -0.2) is 4.79 Å². The summed E-state index contributed by atoms with van der Waals surface area (Å²) in [6.45, 7) is 0. The molecule has 4 heteroatoms. The number of carbonyl (C=O) groups is 1. The highest BCUT2D eigenvalue weighted by atomic mass is 79.9. The highest BCUT2D eigenvalue weighted by Gasteiger charge is 2.17. The van der Waals surface area contributed by atoms with Gasteiger partial charge in [0.2, 0.25) is 0 Å². The first kappa shape index (κ1) is 13.4. The second kappa shape index (κ2) is 6.23. The van der Waals surface area contributed by atoms with Crippen molar-refractivity contribution in [2.45, 2.75) is 44.6 Å². The predicted octanol–water partition coefficient (Wildman–Crippen LogP) is 4.28. The Balaban J connectivity index is 2.17. The van der Waals surface area contributed by atoms with Gasteiger partial charge in [0.1, 0.15) is 0 Å². The molecule has 0 amide bonds. The zero-order valence-corrected chi connectivity index (χ0v) is 11.9. The van der Waals surface area contributed by atoms with Gasteiger partial charge in [-0.3, -0.25) is 0 Å². The molecule has 1 aromatic carbocycles. The van der Waals surface area contributed by atoms with E-state index in [-0.39, 0.29) is 0 Å². The largest absolute Gasteiger partial charge is 0.478 e. The van der Waals surface area contributed by atoms with Gasteiger partial charge in [0.25, 0.3) is 0 Å². The third-order valence-corrected chi connectivity index (χ3v) is 4.10. The van der Waals surface area contributed by atoms with Crippen LogP contribution in [0.25, 0.3) is 0 Å². The van der Waals surface area contributed by atoms with Crippen LogP contribution in [0.2, 0.25) is 0 Å². The molecule has 0 heterocycles. The molecule has 1 fully saturated rings. The fourth-order valence-corrected chi connectivity index (χ4v) is 3.04. The van der Waals surface area contributed by atoms with Crippen LogP contribution in [0, 0.1) is 0 Å². The van der Waals surface area contributed by atoms with E-state index >= 15 is 0 Å². The summed E-state index contributed by atoms with van der Waals surface area (Å²) in [6, 6.07) is 5.89. The molecule has 0 saturated heterocycles. The quantitative estimate of drug-likeness (QED) is 0.819. The minimum absolute atomic E-state index is 0.335. The summed E-state index contributed by atoms with van der Waals surface area (Å²) in [5, 5.41) is 12.7. The zero-order chi connectivity index (χ0) is 13.0. The molecule has 2 N–H and O–H groups in total. The van der Waals surface area contributed by atoms with Crippen LogP contribution in [0.3, 0.4) is 0 Å². The molecule has 1 saturated carbocycles. The van der Waals surface area contributed by atoms with Gasteiger partial charge < -0.3 is 10.4 Å². The molecule has 0 aliphatic heterocycles. The summed E-state index contributed by atoms with van der Waals surface area (Å²) in [7, 11) is 0. The SMILES string of the molecule is O=C(O)c1c(Br)cccc1NC1CCCCCC1. The van der Waals surface area contributed by atoms with Crippen molar-refractivity contribution in [1.82, 2.24) is 0 Å². The van der Waals surface area contributed by atoms with Crippen molar-refractivity contribution in [3.05, 3.63) is 28.2 Å². The van der Waals surface area contributed by atoms with Crippen molar-refractivity contribution in [2.75, 3.05) is 5.32 Å². The summed E-state index contributed by atoms with van der Waals surface area (Å²) < 4.78 is 0.633. The molecule has 1 aliphatic rings. The Hall–Kier alpha value is -1.03. The molecule has 0 spiro atoms. The van der Waals surface area contributed by atoms with E-state index in [0.717, 1.165) is 18.5 Å². The summed E-state index contributed by atoms with van der Waals surface area (Å²) in [5.74, 6) is -0.890. The molecule has 0 unspecified atom stereocenters. The highest BCUT2D eigenvalue weighted by Crippen LogP contribution is 2.28. The summed E-state index contributed by atoms with van der Waals surface area (Å²) >= 11 is 3.31. The number of carboxylic acid groups (broad SMARTS) is 1. The van der Waals surface area contributed by atoms with E-state index in [1.54, 1.807) is 6.07 Å². The van der Waals surface area contributed by atoms with Crippen molar-refractivity contribution in [1.29, 1.82) is 0 Å². The van der Waals surface area contributed by atoms with Crippen LogP contribution in [0.15, 0.2) is 22.7 Å². The van der Waals surface area contributed by atoms with Gasteiger partial charge in [-0.15, -0.1) is 0 Å². The molecule has 3 nitrogen and oxygen atoms in total. The second-order valence-corrected chi connectivity index (χ2v) is 5.65. The van der Waals surface area contributed by atoms with Gasteiger partial charge in [-0.05, 0) is 40.9 Å². The molecular weight excluding hydrogens is 294 g/mol. The van der Waals surface area contributed by atoms with E-state index in [1.165, 1.54) is 25.7 Å². The molecule has 2 rings (SSSR count). The van der Waals surface area contributed by atoms with Crippen molar-refractivity contribution in [3.63, 3.8) is 0 Å². The van der Waals surface area contributed by atoms with Crippen molar-refractivity contribution < 1.29 is 9.90 Å². The standard InChI is InChI=1S/C14H18BrNO2/c15-11-8-5-9-12(13(11)14(17)18)16-10-6-3-1-2-4-7-10/h5,8-10,16H,1-4,6-7H2,(H,17,18). The molecule has 1 aromatic rings. The third kappa shape index (κ3) is 3.25. The van der Waals surface area contributed by atoms with Crippen LogP contribution in [0.4, 0.5) is 5.69 Å². The normalized spacial score (nSPS) is 17.2. The van der Waals surface area contributed by atoms with Gasteiger partial charge in [-0.2, -0.15) is 0 Å². The molecule has 0 radical (unpaired) electrons. The molecule has 0 aromatic heterocycles. The second-order valence-electron chi connectivity index (χ2n) is 4.80. The zero-order valence-electron chi connectivity index (χ0n) is 10.3. The summed E-state index contributed by atoms with van der Waals surface area (Å²) in [4.78, 5) is 11.3. The lowest BCUT2D eigenvalue weighted by Gasteiger charge is -2.19. The lowest BCUT2D eigenvalue weighted by molar-refractivity contribution is 0.0697. The number of hydrogen-bond donors (Lipinski definition) is 2. The fourth-order valence-electron chi connectivity index (χ4n) is 2.51. The maximum absolute atomic E-state index is 11.3. The van der Waals surface area contributed by atoms with Gasteiger partial charge in [0, 0.05) is 10.5 Å². The molecule has 0 atom stereocenters. The molecule has 1 aliphatic carbocycles. The van der Waals surface area contributed by atoms with Gasteiger partial charge in [-0.1, -0.05) is 31.7 Å². The minimum atomic E-state index is -0.890. The third-order valence-electron chi connectivity index (χ3n) is 3.44. The first-order chi connectivity index (χ1) is 8.68. The Kier molecular flexibility index (Phi) is 4.64. The highest BCUT2D eigenvalue weighted by molar-refractivity contribution is 9.10. The number of carboxylic acids is 1. The summed E-state index contributed by atoms with van der Waals surface area (Å²) in [6.07, 6.45) is 7.31. The van der Waals surface area contributed by atoms with Crippen LogP contribution >= 0.6 is 15.9 Å². The van der Waals surface area contributed by atoms with Gasteiger partial charge >= 0.3 is 5.97 Å².